The first-order chi connectivity index (χ1) is 12.6. The van der Waals surface area contributed by atoms with Gasteiger partial charge in [-0.1, -0.05) is 13.0 Å². The van der Waals surface area contributed by atoms with Crippen molar-refractivity contribution in [2.45, 2.75) is 19.4 Å². The number of benzene rings is 2. The molecule has 0 aliphatic carbocycles. The van der Waals surface area contributed by atoms with Gasteiger partial charge in [-0.3, -0.25) is 14.8 Å². The first-order valence-electron chi connectivity index (χ1n) is 8.05. The molecule has 26 heavy (non-hydrogen) atoms. The number of nitrogens with zero attached hydrogens (tertiary/aromatic N) is 2. The summed E-state index contributed by atoms with van der Waals surface area (Å²) in [6, 6.07) is 10.3. The third kappa shape index (κ3) is 3.83. The van der Waals surface area contributed by atoms with E-state index in [1.165, 1.54) is 36.7 Å². The average Bonchev–Trinajstić information content (AvgIpc) is 2.67. The largest absolute Gasteiger partial charge is 0.449 e. The summed E-state index contributed by atoms with van der Waals surface area (Å²) < 4.78 is 18.3. The van der Waals surface area contributed by atoms with Gasteiger partial charge in [-0.15, -0.1) is 0 Å². The SMILES string of the molecule is CCC(OC(=O)c1cccc2nccnc12)C(=O)Nc1ccc(F)cc1. The van der Waals surface area contributed by atoms with E-state index in [4.69, 9.17) is 4.74 Å². The molecule has 0 saturated heterocycles. The van der Waals surface area contributed by atoms with Crippen LogP contribution in [0.5, 0.6) is 0 Å². The van der Waals surface area contributed by atoms with E-state index in [0.717, 1.165) is 0 Å². The monoisotopic (exact) mass is 353 g/mol. The zero-order chi connectivity index (χ0) is 18.5. The molecule has 6 nitrogen and oxygen atoms in total. The molecule has 3 aromatic rings. The van der Waals surface area contributed by atoms with Crippen molar-refractivity contribution < 1.29 is 18.7 Å². The number of fused-ring (bicyclic) bond motifs is 1. The topological polar surface area (TPSA) is 81.2 Å². The standard InChI is InChI=1S/C19H16FN3O3/c1-2-16(18(24)23-13-8-6-12(20)7-9-13)26-19(25)14-4-3-5-15-17(14)22-11-10-21-15/h3-11,16H,2H2,1H3,(H,23,24). The van der Waals surface area contributed by atoms with Crippen molar-refractivity contribution in [1.29, 1.82) is 0 Å². The summed E-state index contributed by atoms with van der Waals surface area (Å²) in [5.41, 5.74) is 1.63. The fraction of sp³-hybridized carbons (Fsp3) is 0.158. The highest BCUT2D eigenvalue weighted by Crippen LogP contribution is 2.17. The van der Waals surface area contributed by atoms with Crippen LogP contribution in [0, 0.1) is 5.82 Å². The average molecular weight is 353 g/mol. The van der Waals surface area contributed by atoms with E-state index in [0.29, 0.717) is 16.7 Å². The minimum Gasteiger partial charge on any atom is -0.449 e. The van der Waals surface area contributed by atoms with Crippen molar-refractivity contribution in [2.75, 3.05) is 5.32 Å². The van der Waals surface area contributed by atoms with Crippen LogP contribution in [0.3, 0.4) is 0 Å². The van der Waals surface area contributed by atoms with Gasteiger partial charge >= 0.3 is 5.97 Å². The zero-order valence-corrected chi connectivity index (χ0v) is 14.0. The quantitative estimate of drug-likeness (QED) is 0.712. The smallest absolute Gasteiger partial charge is 0.341 e. The fourth-order valence-corrected chi connectivity index (χ4v) is 2.43. The van der Waals surface area contributed by atoms with Crippen LogP contribution in [0.1, 0.15) is 23.7 Å². The molecule has 0 saturated carbocycles. The Morgan fingerprint density at radius 2 is 1.85 bits per heavy atom. The van der Waals surface area contributed by atoms with Crippen LogP contribution in [0.15, 0.2) is 54.9 Å². The molecule has 3 rings (SSSR count). The van der Waals surface area contributed by atoms with E-state index in [1.807, 2.05) is 0 Å². The summed E-state index contributed by atoms with van der Waals surface area (Å²) in [6.45, 7) is 1.73. The Labute approximate surface area is 149 Å². The van der Waals surface area contributed by atoms with Crippen molar-refractivity contribution in [3.05, 3.63) is 66.2 Å². The summed E-state index contributed by atoms with van der Waals surface area (Å²) in [4.78, 5) is 33.2. The molecular weight excluding hydrogens is 337 g/mol. The van der Waals surface area contributed by atoms with Crippen LogP contribution in [-0.2, 0) is 9.53 Å². The number of esters is 1. The third-order valence-electron chi connectivity index (χ3n) is 3.74. The fourth-order valence-electron chi connectivity index (χ4n) is 2.43. The first kappa shape index (κ1) is 17.5. The molecule has 1 N–H and O–H groups in total. The minimum atomic E-state index is -0.987. The van der Waals surface area contributed by atoms with Gasteiger partial charge < -0.3 is 10.1 Å². The Balaban J connectivity index is 1.75. The van der Waals surface area contributed by atoms with Crippen molar-refractivity contribution >= 4 is 28.6 Å². The minimum absolute atomic E-state index is 0.239. The maximum Gasteiger partial charge on any atom is 0.341 e. The molecule has 0 aliphatic heterocycles. The molecule has 0 spiro atoms. The summed E-state index contributed by atoms with van der Waals surface area (Å²) in [6.07, 6.45) is 2.31. The van der Waals surface area contributed by atoms with E-state index in [2.05, 4.69) is 15.3 Å². The molecule has 132 valence electrons. The van der Waals surface area contributed by atoms with Crippen LogP contribution in [0.2, 0.25) is 0 Å². The number of nitrogens with one attached hydrogen (secondary N) is 1. The summed E-state index contributed by atoms with van der Waals surface area (Å²) in [7, 11) is 0. The Morgan fingerprint density at radius 3 is 2.58 bits per heavy atom. The molecule has 1 atom stereocenters. The molecule has 7 heteroatoms. The molecule has 0 fully saturated rings. The lowest BCUT2D eigenvalue weighted by molar-refractivity contribution is -0.124. The molecule has 0 radical (unpaired) electrons. The molecule has 1 aromatic heterocycles. The highest BCUT2D eigenvalue weighted by atomic mass is 19.1. The number of hydrogen-bond donors (Lipinski definition) is 1. The van der Waals surface area contributed by atoms with Crippen LogP contribution in [-0.4, -0.2) is 27.9 Å². The first-order valence-corrected chi connectivity index (χ1v) is 8.05. The van der Waals surface area contributed by atoms with E-state index >= 15 is 0 Å². The van der Waals surface area contributed by atoms with E-state index in [9.17, 15) is 14.0 Å². The number of halogens is 1. The van der Waals surface area contributed by atoms with Crippen molar-refractivity contribution in [3.63, 3.8) is 0 Å². The van der Waals surface area contributed by atoms with Crippen molar-refractivity contribution in [2.24, 2.45) is 0 Å². The summed E-state index contributed by atoms with van der Waals surface area (Å²) in [5.74, 6) is -1.55. The number of ether oxygens (including phenoxy) is 1. The normalized spacial score (nSPS) is 11.8. The van der Waals surface area contributed by atoms with Crippen LogP contribution < -0.4 is 5.32 Å². The number of rotatable bonds is 5. The second kappa shape index (κ2) is 7.69. The Morgan fingerprint density at radius 1 is 1.12 bits per heavy atom. The number of amides is 1. The van der Waals surface area contributed by atoms with Crippen molar-refractivity contribution in [3.8, 4) is 0 Å². The maximum atomic E-state index is 12.9. The van der Waals surface area contributed by atoms with Gasteiger partial charge in [0.1, 0.15) is 11.3 Å². The van der Waals surface area contributed by atoms with E-state index in [1.54, 1.807) is 25.1 Å². The molecule has 1 unspecified atom stereocenters. The predicted octanol–water partition coefficient (Wildman–Crippen LogP) is 3.34. The molecular formula is C19H16FN3O3. The molecule has 2 aromatic carbocycles. The van der Waals surface area contributed by atoms with E-state index < -0.39 is 23.8 Å². The zero-order valence-electron chi connectivity index (χ0n) is 14.0. The highest BCUT2D eigenvalue weighted by Gasteiger charge is 2.23. The maximum absolute atomic E-state index is 12.9. The van der Waals surface area contributed by atoms with Gasteiger partial charge in [-0.2, -0.15) is 0 Å². The number of anilines is 1. The van der Waals surface area contributed by atoms with Crippen LogP contribution in [0.25, 0.3) is 11.0 Å². The lowest BCUT2D eigenvalue weighted by Gasteiger charge is -2.16. The van der Waals surface area contributed by atoms with Gasteiger partial charge in [0, 0.05) is 18.1 Å². The van der Waals surface area contributed by atoms with Gasteiger partial charge in [0.2, 0.25) is 0 Å². The van der Waals surface area contributed by atoms with Gasteiger partial charge in [0.05, 0.1) is 11.1 Å². The number of aromatic nitrogens is 2. The van der Waals surface area contributed by atoms with Crippen molar-refractivity contribution in [1.82, 2.24) is 9.97 Å². The molecule has 0 bridgehead atoms. The lowest BCUT2D eigenvalue weighted by atomic mass is 10.1. The molecule has 1 heterocycles. The highest BCUT2D eigenvalue weighted by molar-refractivity contribution is 6.03. The Kier molecular flexibility index (Phi) is 5.17. The second-order valence-electron chi connectivity index (χ2n) is 5.53. The Hall–Kier alpha value is -3.35. The second-order valence-corrected chi connectivity index (χ2v) is 5.53. The summed E-state index contributed by atoms with van der Waals surface area (Å²) in [5, 5.41) is 2.60. The number of hydrogen-bond acceptors (Lipinski definition) is 5. The van der Waals surface area contributed by atoms with Gasteiger partial charge in [-0.05, 0) is 42.8 Å². The van der Waals surface area contributed by atoms with E-state index in [-0.39, 0.29) is 12.0 Å². The predicted molar refractivity (Wildman–Crippen MR) is 94.1 cm³/mol. The van der Waals surface area contributed by atoms with Gasteiger partial charge in [0.25, 0.3) is 5.91 Å². The lowest BCUT2D eigenvalue weighted by Crippen LogP contribution is -2.32. The number of carbonyl (C=O) groups excluding carboxylic acids is 2. The van der Waals surface area contributed by atoms with Crippen LogP contribution in [0.4, 0.5) is 10.1 Å². The Bertz CT molecular complexity index is 939. The summed E-state index contributed by atoms with van der Waals surface area (Å²) >= 11 is 0. The molecule has 0 aliphatic rings. The van der Waals surface area contributed by atoms with Gasteiger partial charge in [-0.25, -0.2) is 9.18 Å². The number of carbonyl (C=O) groups is 2. The molecule has 1 amide bonds. The third-order valence-corrected chi connectivity index (χ3v) is 3.74. The number of para-hydroxylation sites is 1. The van der Waals surface area contributed by atoms with Crippen LogP contribution >= 0.6 is 0 Å². The van der Waals surface area contributed by atoms with Gasteiger partial charge in [0.15, 0.2) is 6.10 Å².